The lowest BCUT2D eigenvalue weighted by atomic mass is 10.1. The minimum Gasteiger partial charge on any atom is -0.464 e. The van der Waals surface area contributed by atoms with E-state index in [9.17, 15) is 9.18 Å². The van der Waals surface area contributed by atoms with Gasteiger partial charge in [0.1, 0.15) is 18.7 Å². The maximum atomic E-state index is 13.4. The first-order valence-corrected chi connectivity index (χ1v) is 12.2. The Labute approximate surface area is 216 Å². The summed E-state index contributed by atoms with van der Waals surface area (Å²) >= 11 is 0. The van der Waals surface area contributed by atoms with Gasteiger partial charge in [0, 0.05) is 18.7 Å². The fourth-order valence-electron chi connectivity index (χ4n) is 3.54. The SMILES string of the molecule is CCOC(=O)C(C)(C)OC/C=C\C(=C/CF)CN(Cc1ncco1)Cc1nc(-c2ccccc2)oc1C. The highest BCUT2D eigenvalue weighted by Gasteiger charge is 2.29. The number of aromatic nitrogens is 2. The molecule has 2 heterocycles. The normalized spacial score (nSPS) is 12.5. The maximum Gasteiger partial charge on any atom is 0.337 e. The summed E-state index contributed by atoms with van der Waals surface area (Å²) in [4.78, 5) is 23.0. The number of ether oxygens (including phenoxy) is 2. The molecule has 1 aromatic carbocycles. The van der Waals surface area contributed by atoms with Crippen LogP contribution in [0.5, 0.6) is 0 Å². The number of allylic oxidation sites excluding steroid dienone is 1. The second kappa shape index (κ2) is 13.7. The first kappa shape index (κ1) is 28.0. The molecular weight excluding hydrogens is 477 g/mol. The Balaban J connectivity index is 1.72. The van der Waals surface area contributed by atoms with Crippen LogP contribution >= 0.6 is 0 Å². The number of oxazole rings is 2. The molecule has 0 atom stereocenters. The molecule has 0 aliphatic carbocycles. The molecule has 198 valence electrons. The van der Waals surface area contributed by atoms with Crippen LogP contribution in [0.2, 0.25) is 0 Å². The second-order valence-corrected chi connectivity index (χ2v) is 8.84. The number of nitrogens with zero attached hydrogens (tertiary/aromatic N) is 3. The number of benzene rings is 1. The number of hydrogen-bond donors (Lipinski definition) is 0. The molecule has 0 aliphatic rings. The summed E-state index contributed by atoms with van der Waals surface area (Å²) in [5, 5.41) is 0. The molecule has 0 unspecified atom stereocenters. The first-order chi connectivity index (χ1) is 17.8. The second-order valence-electron chi connectivity index (χ2n) is 8.84. The highest BCUT2D eigenvalue weighted by Crippen LogP contribution is 2.23. The van der Waals surface area contributed by atoms with Crippen LogP contribution in [0.1, 0.15) is 38.1 Å². The third-order valence-corrected chi connectivity index (χ3v) is 5.51. The highest BCUT2D eigenvalue weighted by molar-refractivity contribution is 5.78. The maximum absolute atomic E-state index is 13.4. The van der Waals surface area contributed by atoms with Crippen LogP contribution in [-0.2, 0) is 27.4 Å². The van der Waals surface area contributed by atoms with E-state index in [1.165, 1.54) is 12.3 Å². The average molecular weight is 512 g/mol. The summed E-state index contributed by atoms with van der Waals surface area (Å²) < 4.78 is 35.4. The van der Waals surface area contributed by atoms with E-state index in [4.69, 9.17) is 23.3 Å². The Morgan fingerprint density at radius 2 is 2.00 bits per heavy atom. The number of alkyl halides is 1. The van der Waals surface area contributed by atoms with E-state index in [1.807, 2.05) is 42.2 Å². The van der Waals surface area contributed by atoms with Crippen molar-refractivity contribution in [2.45, 2.75) is 46.4 Å². The van der Waals surface area contributed by atoms with Crippen LogP contribution in [0.25, 0.3) is 11.5 Å². The van der Waals surface area contributed by atoms with Crippen LogP contribution in [-0.4, -0.2) is 52.9 Å². The summed E-state index contributed by atoms with van der Waals surface area (Å²) in [6.07, 6.45) is 8.14. The molecule has 0 saturated heterocycles. The van der Waals surface area contributed by atoms with Crippen LogP contribution in [0.4, 0.5) is 4.39 Å². The summed E-state index contributed by atoms with van der Waals surface area (Å²) in [7, 11) is 0. The minimum atomic E-state index is -1.08. The summed E-state index contributed by atoms with van der Waals surface area (Å²) in [5.74, 6) is 1.35. The van der Waals surface area contributed by atoms with Crippen molar-refractivity contribution in [1.82, 2.24) is 14.9 Å². The summed E-state index contributed by atoms with van der Waals surface area (Å²) in [5.41, 5.74) is 1.31. The molecule has 0 amide bonds. The van der Waals surface area contributed by atoms with Crippen molar-refractivity contribution >= 4 is 5.97 Å². The largest absolute Gasteiger partial charge is 0.464 e. The fourth-order valence-corrected chi connectivity index (χ4v) is 3.54. The predicted molar refractivity (Wildman–Crippen MR) is 137 cm³/mol. The zero-order chi connectivity index (χ0) is 26.7. The van der Waals surface area contributed by atoms with Crippen molar-refractivity contribution in [1.29, 1.82) is 0 Å². The number of hydrogen-bond acceptors (Lipinski definition) is 8. The van der Waals surface area contributed by atoms with Gasteiger partial charge in [-0.25, -0.2) is 19.2 Å². The molecule has 37 heavy (non-hydrogen) atoms. The van der Waals surface area contributed by atoms with E-state index in [-0.39, 0.29) is 13.2 Å². The topological polar surface area (TPSA) is 90.8 Å². The zero-order valence-electron chi connectivity index (χ0n) is 21.8. The Kier molecular flexibility index (Phi) is 10.3. The van der Waals surface area contributed by atoms with E-state index < -0.39 is 18.2 Å². The van der Waals surface area contributed by atoms with Crippen LogP contribution in [0, 0.1) is 6.92 Å². The van der Waals surface area contributed by atoms with E-state index in [0.29, 0.717) is 37.2 Å². The van der Waals surface area contributed by atoms with Crippen LogP contribution in [0.3, 0.4) is 0 Å². The van der Waals surface area contributed by atoms with Gasteiger partial charge in [-0.3, -0.25) is 4.90 Å². The molecule has 0 spiro atoms. The van der Waals surface area contributed by atoms with Crippen molar-refractivity contribution in [3.8, 4) is 11.5 Å². The van der Waals surface area contributed by atoms with Gasteiger partial charge in [-0.05, 0) is 51.5 Å². The Hall–Kier alpha value is -3.56. The summed E-state index contributed by atoms with van der Waals surface area (Å²) in [6, 6.07) is 9.69. The van der Waals surface area contributed by atoms with Gasteiger partial charge in [-0.1, -0.05) is 30.4 Å². The van der Waals surface area contributed by atoms with Gasteiger partial charge in [0.25, 0.3) is 0 Å². The fraction of sp³-hybridized carbons (Fsp3) is 0.393. The third-order valence-electron chi connectivity index (χ3n) is 5.51. The standard InChI is InChI=1S/C28H34FN3O5/c1-5-34-27(33)28(3,4)36-16-9-10-22(13-14-29)18-32(20-25-30-15-17-35-25)19-24-21(2)37-26(31-24)23-11-7-6-8-12-23/h6-13,15,17H,5,14,16,18-20H2,1-4H3/b10-9-,22-13+. The van der Waals surface area contributed by atoms with Crippen molar-refractivity contribution < 1.29 is 27.5 Å². The number of aryl methyl sites for hydroxylation is 1. The molecule has 0 aliphatic heterocycles. The Morgan fingerprint density at radius 1 is 1.22 bits per heavy atom. The van der Waals surface area contributed by atoms with Gasteiger partial charge < -0.3 is 18.3 Å². The van der Waals surface area contributed by atoms with Crippen LogP contribution < -0.4 is 0 Å². The van der Waals surface area contributed by atoms with Crippen LogP contribution in [0.15, 0.2) is 75.4 Å². The number of carbonyl (C=O) groups excluding carboxylic acids is 1. The van der Waals surface area contributed by atoms with E-state index >= 15 is 0 Å². The first-order valence-electron chi connectivity index (χ1n) is 12.2. The molecule has 0 bridgehead atoms. The lowest BCUT2D eigenvalue weighted by Gasteiger charge is -2.22. The van der Waals surface area contributed by atoms with Crippen molar-refractivity contribution in [2.24, 2.45) is 0 Å². The van der Waals surface area contributed by atoms with Gasteiger partial charge in [-0.15, -0.1) is 0 Å². The lowest BCUT2D eigenvalue weighted by molar-refractivity contribution is -0.166. The molecule has 0 fully saturated rings. The van der Waals surface area contributed by atoms with Gasteiger partial charge in [0.15, 0.2) is 5.60 Å². The number of rotatable bonds is 14. The Bertz CT molecular complexity index is 1170. The summed E-state index contributed by atoms with van der Waals surface area (Å²) in [6.45, 7) is 7.98. The molecule has 3 aromatic rings. The molecular formula is C28H34FN3O5. The number of halogens is 1. The molecule has 3 rings (SSSR count). The van der Waals surface area contributed by atoms with Gasteiger partial charge in [-0.2, -0.15) is 0 Å². The van der Waals surface area contributed by atoms with Crippen molar-refractivity contribution in [3.63, 3.8) is 0 Å². The van der Waals surface area contributed by atoms with E-state index in [0.717, 1.165) is 16.8 Å². The van der Waals surface area contributed by atoms with Crippen molar-refractivity contribution in [2.75, 3.05) is 26.4 Å². The molecule has 0 N–H and O–H groups in total. The minimum absolute atomic E-state index is 0.165. The molecule has 8 nitrogen and oxygen atoms in total. The quantitative estimate of drug-likeness (QED) is 0.208. The van der Waals surface area contributed by atoms with Gasteiger partial charge in [0.2, 0.25) is 11.8 Å². The molecule has 0 saturated carbocycles. The molecule has 0 radical (unpaired) electrons. The van der Waals surface area contributed by atoms with Gasteiger partial charge in [0.05, 0.1) is 31.6 Å². The number of carbonyl (C=O) groups is 1. The third kappa shape index (κ3) is 8.51. The Morgan fingerprint density at radius 3 is 2.68 bits per heavy atom. The predicted octanol–water partition coefficient (Wildman–Crippen LogP) is 5.45. The monoisotopic (exact) mass is 511 g/mol. The van der Waals surface area contributed by atoms with Crippen molar-refractivity contribution in [3.05, 3.63) is 83.9 Å². The molecule has 9 heteroatoms. The van der Waals surface area contributed by atoms with E-state index in [1.54, 1.807) is 39.1 Å². The number of esters is 1. The molecule has 2 aromatic heterocycles. The average Bonchev–Trinajstić information content (AvgIpc) is 3.52. The smallest absolute Gasteiger partial charge is 0.337 e. The van der Waals surface area contributed by atoms with Gasteiger partial charge >= 0.3 is 5.97 Å². The lowest BCUT2D eigenvalue weighted by Crippen LogP contribution is -2.36. The highest BCUT2D eigenvalue weighted by atomic mass is 19.1. The van der Waals surface area contributed by atoms with E-state index in [2.05, 4.69) is 4.98 Å². The zero-order valence-corrected chi connectivity index (χ0v) is 21.8.